The van der Waals surface area contributed by atoms with Gasteiger partial charge in [-0.1, -0.05) is 27.2 Å². The Balaban J connectivity index is 4.56. The first kappa shape index (κ1) is 15.7. The average molecular weight is 245 g/mol. The molecule has 0 aromatic heterocycles. The Labute approximate surface area is 102 Å². The fourth-order valence-corrected chi connectivity index (χ4v) is 1.42. The van der Waals surface area contributed by atoms with Crippen LogP contribution in [-0.4, -0.2) is 35.7 Å². The molecule has 0 aromatic rings. The van der Waals surface area contributed by atoms with E-state index in [2.05, 4.69) is 10.6 Å². The molecule has 0 saturated carbocycles. The summed E-state index contributed by atoms with van der Waals surface area (Å²) in [4.78, 5) is 22.8. The van der Waals surface area contributed by atoms with Gasteiger partial charge in [0.05, 0.1) is 12.6 Å². The second kappa shape index (κ2) is 7.89. The number of primary amides is 1. The second-order valence-corrected chi connectivity index (χ2v) is 4.17. The van der Waals surface area contributed by atoms with Gasteiger partial charge in [-0.2, -0.15) is 0 Å². The van der Waals surface area contributed by atoms with Crippen molar-refractivity contribution >= 4 is 11.9 Å². The summed E-state index contributed by atoms with van der Waals surface area (Å²) >= 11 is 0. The van der Waals surface area contributed by atoms with E-state index in [1.807, 2.05) is 20.8 Å². The maximum atomic E-state index is 11.9. The Hall–Kier alpha value is -1.30. The molecular weight excluding hydrogens is 222 g/mol. The van der Waals surface area contributed by atoms with E-state index < -0.39 is 12.1 Å². The Morgan fingerprint density at radius 1 is 1.24 bits per heavy atom. The van der Waals surface area contributed by atoms with Gasteiger partial charge in [-0.25, -0.2) is 4.79 Å². The van der Waals surface area contributed by atoms with Crippen LogP contribution in [0.15, 0.2) is 0 Å². The molecule has 0 rings (SSSR count). The van der Waals surface area contributed by atoms with Crippen molar-refractivity contribution in [3.8, 4) is 0 Å². The Morgan fingerprint density at radius 3 is 2.18 bits per heavy atom. The molecule has 0 fully saturated rings. The smallest absolute Gasteiger partial charge is 0.312 e. The summed E-state index contributed by atoms with van der Waals surface area (Å²) in [6.07, 6.45) is 1.38. The number of hydrogen-bond acceptors (Lipinski definition) is 3. The molecule has 6 heteroatoms. The van der Waals surface area contributed by atoms with Crippen LogP contribution in [0.25, 0.3) is 0 Å². The third kappa shape index (κ3) is 5.53. The van der Waals surface area contributed by atoms with E-state index in [0.29, 0.717) is 6.42 Å². The first-order chi connectivity index (χ1) is 7.96. The van der Waals surface area contributed by atoms with Gasteiger partial charge in [-0.3, -0.25) is 4.79 Å². The number of amides is 3. The molecule has 5 N–H and O–H groups in total. The van der Waals surface area contributed by atoms with Gasteiger partial charge in [0.25, 0.3) is 0 Å². The number of aliphatic hydroxyl groups is 1. The zero-order valence-corrected chi connectivity index (χ0v) is 10.7. The molecule has 0 radical (unpaired) electrons. The molecule has 17 heavy (non-hydrogen) atoms. The Bertz CT molecular complexity index is 254. The molecule has 0 saturated heterocycles. The predicted molar refractivity (Wildman–Crippen MR) is 65.3 cm³/mol. The van der Waals surface area contributed by atoms with Crippen molar-refractivity contribution in [2.75, 3.05) is 6.61 Å². The minimum absolute atomic E-state index is 0.0151. The number of carbonyl (C=O) groups excluding carboxylic acids is 2. The SMILES string of the molecule is CCC(CO)NC(=O)C(NC(N)=O)C(C)CC. The van der Waals surface area contributed by atoms with E-state index in [9.17, 15) is 9.59 Å². The van der Waals surface area contributed by atoms with Crippen LogP contribution >= 0.6 is 0 Å². The number of hydrogen-bond donors (Lipinski definition) is 4. The topological polar surface area (TPSA) is 104 Å². The van der Waals surface area contributed by atoms with E-state index in [1.165, 1.54) is 0 Å². The van der Waals surface area contributed by atoms with Crippen LogP contribution in [-0.2, 0) is 4.79 Å². The molecule has 3 atom stereocenters. The van der Waals surface area contributed by atoms with Gasteiger partial charge in [-0.05, 0) is 12.3 Å². The average Bonchev–Trinajstić information content (AvgIpc) is 2.31. The van der Waals surface area contributed by atoms with Gasteiger partial charge in [0.2, 0.25) is 5.91 Å². The van der Waals surface area contributed by atoms with E-state index in [4.69, 9.17) is 10.8 Å². The van der Waals surface area contributed by atoms with Crippen LogP contribution in [0.1, 0.15) is 33.6 Å². The number of aliphatic hydroxyl groups excluding tert-OH is 1. The lowest BCUT2D eigenvalue weighted by Crippen LogP contribution is -2.54. The Kier molecular flexibility index (Phi) is 7.29. The van der Waals surface area contributed by atoms with Crippen LogP contribution in [0.3, 0.4) is 0 Å². The second-order valence-electron chi connectivity index (χ2n) is 4.17. The number of nitrogens with two attached hydrogens (primary N) is 1. The summed E-state index contributed by atoms with van der Waals surface area (Å²) in [5, 5.41) is 14.1. The fraction of sp³-hybridized carbons (Fsp3) is 0.818. The molecule has 3 amide bonds. The third-order valence-corrected chi connectivity index (χ3v) is 2.85. The maximum Gasteiger partial charge on any atom is 0.312 e. The van der Waals surface area contributed by atoms with Crippen LogP contribution in [0, 0.1) is 5.92 Å². The van der Waals surface area contributed by atoms with Crippen molar-refractivity contribution < 1.29 is 14.7 Å². The summed E-state index contributed by atoms with van der Waals surface area (Å²) in [6.45, 7) is 5.53. The van der Waals surface area contributed by atoms with Crippen LogP contribution < -0.4 is 16.4 Å². The van der Waals surface area contributed by atoms with E-state index in [1.54, 1.807) is 0 Å². The van der Waals surface area contributed by atoms with Crippen LogP contribution in [0.4, 0.5) is 4.79 Å². The van der Waals surface area contributed by atoms with Gasteiger partial charge in [-0.15, -0.1) is 0 Å². The summed E-state index contributed by atoms with van der Waals surface area (Å²) in [6, 6.07) is -1.66. The molecule has 100 valence electrons. The highest BCUT2D eigenvalue weighted by molar-refractivity contribution is 5.86. The monoisotopic (exact) mass is 245 g/mol. The van der Waals surface area contributed by atoms with Crippen molar-refractivity contribution in [1.82, 2.24) is 10.6 Å². The Morgan fingerprint density at radius 2 is 1.82 bits per heavy atom. The van der Waals surface area contributed by atoms with Gasteiger partial charge >= 0.3 is 6.03 Å². The van der Waals surface area contributed by atoms with Crippen molar-refractivity contribution in [2.24, 2.45) is 11.7 Å². The summed E-state index contributed by atoms with van der Waals surface area (Å²) in [7, 11) is 0. The first-order valence-corrected chi connectivity index (χ1v) is 5.93. The lowest BCUT2D eigenvalue weighted by atomic mass is 9.98. The largest absolute Gasteiger partial charge is 0.394 e. The fourth-order valence-electron chi connectivity index (χ4n) is 1.42. The van der Waals surface area contributed by atoms with Crippen molar-refractivity contribution in [3.63, 3.8) is 0 Å². The van der Waals surface area contributed by atoms with Gasteiger partial charge in [0, 0.05) is 0 Å². The van der Waals surface area contributed by atoms with E-state index in [0.717, 1.165) is 6.42 Å². The van der Waals surface area contributed by atoms with Gasteiger partial charge in [0.15, 0.2) is 0 Å². The molecule has 3 unspecified atom stereocenters. The molecule has 0 aliphatic rings. The van der Waals surface area contributed by atoms with Crippen molar-refractivity contribution in [2.45, 2.75) is 45.7 Å². The number of carbonyl (C=O) groups is 2. The van der Waals surface area contributed by atoms with E-state index in [-0.39, 0.29) is 24.5 Å². The molecule has 0 aromatic carbocycles. The molecule has 0 heterocycles. The summed E-state index contributed by atoms with van der Waals surface area (Å²) in [5.74, 6) is -0.322. The first-order valence-electron chi connectivity index (χ1n) is 5.93. The minimum Gasteiger partial charge on any atom is -0.394 e. The molecule has 6 nitrogen and oxygen atoms in total. The number of rotatable bonds is 7. The normalized spacial score (nSPS) is 15.8. The lowest BCUT2D eigenvalue weighted by Gasteiger charge is -2.24. The zero-order valence-electron chi connectivity index (χ0n) is 10.7. The van der Waals surface area contributed by atoms with Crippen molar-refractivity contribution in [1.29, 1.82) is 0 Å². The van der Waals surface area contributed by atoms with E-state index >= 15 is 0 Å². The van der Waals surface area contributed by atoms with Gasteiger partial charge < -0.3 is 21.5 Å². The third-order valence-electron chi connectivity index (χ3n) is 2.85. The zero-order chi connectivity index (χ0) is 13.4. The summed E-state index contributed by atoms with van der Waals surface area (Å²) in [5.41, 5.74) is 5.04. The molecule has 0 aliphatic carbocycles. The highest BCUT2D eigenvalue weighted by Crippen LogP contribution is 2.08. The highest BCUT2D eigenvalue weighted by Gasteiger charge is 2.26. The molecule has 0 spiro atoms. The molecule has 0 bridgehead atoms. The number of urea groups is 1. The summed E-state index contributed by atoms with van der Waals surface area (Å²) < 4.78 is 0. The predicted octanol–water partition coefficient (Wildman–Crippen LogP) is -0.0435. The number of nitrogens with one attached hydrogen (secondary N) is 2. The quantitative estimate of drug-likeness (QED) is 0.505. The minimum atomic E-state index is -0.720. The maximum absolute atomic E-state index is 11.9. The standard InChI is InChI=1S/C11H23N3O3/c1-4-7(3)9(14-11(12)17)10(16)13-8(5-2)6-15/h7-9,15H,4-6H2,1-3H3,(H,13,16)(H3,12,14,17). The van der Waals surface area contributed by atoms with Crippen molar-refractivity contribution in [3.05, 3.63) is 0 Å². The molecular formula is C11H23N3O3. The van der Waals surface area contributed by atoms with Crippen LogP contribution in [0.5, 0.6) is 0 Å². The highest BCUT2D eigenvalue weighted by atomic mass is 16.3. The lowest BCUT2D eigenvalue weighted by molar-refractivity contribution is -0.125. The van der Waals surface area contributed by atoms with Crippen LogP contribution in [0.2, 0.25) is 0 Å². The molecule has 0 aliphatic heterocycles. The van der Waals surface area contributed by atoms with Gasteiger partial charge in [0.1, 0.15) is 6.04 Å².